The van der Waals surface area contributed by atoms with E-state index in [9.17, 15) is 9.59 Å². The smallest absolute Gasteiger partial charge is 0.351 e. The van der Waals surface area contributed by atoms with Gasteiger partial charge >= 0.3 is 11.6 Å². The van der Waals surface area contributed by atoms with Crippen LogP contribution in [0.3, 0.4) is 0 Å². The molecule has 4 nitrogen and oxygen atoms in total. The molecule has 1 heterocycles. The predicted molar refractivity (Wildman–Crippen MR) is 75.4 cm³/mol. The molecule has 0 fully saturated rings. The molecule has 0 atom stereocenters. The van der Waals surface area contributed by atoms with Crippen LogP contribution < -0.4 is 5.63 Å². The normalized spacial score (nSPS) is 11.6. The Labute approximate surface area is 118 Å². The number of hydrogen-bond donors (Lipinski definition) is 0. The van der Waals surface area contributed by atoms with E-state index in [1.54, 1.807) is 39.0 Å². The summed E-state index contributed by atoms with van der Waals surface area (Å²) in [7, 11) is 0. The highest BCUT2D eigenvalue weighted by Crippen LogP contribution is 2.20. The highest BCUT2D eigenvalue weighted by Gasteiger charge is 2.21. The standard InChI is InChI=1S/C14H13BrO4/c1-14(2,3)19-13(17)10-7-8-6-9(15)4-5-11(8)18-12(10)16/h4-7H,1-3H3. The number of carbonyl (C=O) groups is 1. The summed E-state index contributed by atoms with van der Waals surface area (Å²) in [5.41, 5.74) is -1.01. The highest BCUT2D eigenvalue weighted by atomic mass is 79.9. The van der Waals surface area contributed by atoms with Crippen LogP contribution in [0.15, 0.2) is 37.9 Å². The Morgan fingerprint density at radius 1 is 1.26 bits per heavy atom. The van der Waals surface area contributed by atoms with Gasteiger partial charge in [0.05, 0.1) is 0 Å². The number of esters is 1. The molecule has 2 aromatic rings. The fourth-order valence-corrected chi connectivity index (χ4v) is 1.95. The van der Waals surface area contributed by atoms with E-state index < -0.39 is 17.2 Å². The summed E-state index contributed by atoms with van der Waals surface area (Å²) >= 11 is 3.33. The monoisotopic (exact) mass is 324 g/mol. The summed E-state index contributed by atoms with van der Waals surface area (Å²) in [4.78, 5) is 23.7. The molecule has 0 radical (unpaired) electrons. The van der Waals surface area contributed by atoms with Gasteiger partial charge in [-0.25, -0.2) is 9.59 Å². The van der Waals surface area contributed by atoms with Gasteiger partial charge < -0.3 is 9.15 Å². The molecule has 0 saturated heterocycles. The predicted octanol–water partition coefficient (Wildman–Crippen LogP) is 3.51. The maximum Gasteiger partial charge on any atom is 0.351 e. The molecule has 0 amide bonds. The summed E-state index contributed by atoms with van der Waals surface area (Å²) in [6.07, 6.45) is 0. The summed E-state index contributed by atoms with van der Waals surface area (Å²) in [6, 6.07) is 6.68. The summed E-state index contributed by atoms with van der Waals surface area (Å²) in [5.74, 6) is -0.678. The number of fused-ring (bicyclic) bond motifs is 1. The van der Waals surface area contributed by atoms with Crippen molar-refractivity contribution in [3.63, 3.8) is 0 Å². The molecule has 2 rings (SSSR count). The number of rotatable bonds is 1. The fraction of sp³-hybridized carbons (Fsp3) is 0.286. The van der Waals surface area contributed by atoms with Crippen LogP contribution in [0.25, 0.3) is 11.0 Å². The van der Waals surface area contributed by atoms with Crippen LogP contribution in [-0.2, 0) is 4.74 Å². The molecular weight excluding hydrogens is 312 g/mol. The quantitative estimate of drug-likeness (QED) is 0.595. The van der Waals surface area contributed by atoms with Gasteiger partial charge in [0.15, 0.2) is 0 Å². The van der Waals surface area contributed by atoms with Crippen LogP contribution in [0.4, 0.5) is 0 Å². The molecule has 0 bridgehead atoms. The zero-order valence-corrected chi connectivity index (χ0v) is 12.4. The van der Waals surface area contributed by atoms with E-state index in [1.807, 2.05) is 0 Å². The van der Waals surface area contributed by atoms with Gasteiger partial charge in [-0.2, -0.15) is 0 Å². The molecule has 0 N–H and O–H groups in total. The molecule has 100 valence electrons. The third kappa shape index (κ3) is 3.23. The van der Waals surface area contributed by atoms with E-state index in [1.165, 1.54) is 6.07 Å². The third-order valence-electron chi connectivity index (χ3n) is 2.31. The Balaban J connectivity index is 2.52. The molecule has 0 aliphatic rings. The minimum Gasteiger partial charge on any atom is -0.456 e. The van der Waals surface area contributed by atoms with Gasteiger partial charge in [0.25, 0.3) is 0 Å². The molecule has 5 heteroatoms. The van der Waals surface area contributed by atoms with Crippen LogP contribution >= 0.6 is 15.9 Å². The zero-order valence-electron chi connectivity index (χ0n) is 10.8. The minimum absolute atomic E-state index is 0.0967. The van der Waals surface area contributed by atoms with Crippen LogP contribution in [0, 0.1) is 0 Å². The lowest BCUT2D eigenvalue weighted by Crippen LogP contribution is -2.27. The average Bonchev–Trinajstić information content (AvgIpc) is 2.26. The van der Waals surface area contributed by atoms with Crippen molar-refractivity contribution in [1.29, 1.82) is 0 Å². The lowest BCUT2D eigenvalue weighted by Gasteiger charge is -2.19. The molecule has 0 saturated carbocycles. The number of hydrogen-bond acceptors (Lipinski definition) is 4. The Bertz CT molecular complexity index is 695. The molecule has 1 aromatic carbocycles. The van der Waals surface area contributed by atoms with Gasteiger partial charge in [0.1, 0.15) is 16.7 Å². The first-order valence-corrected chi connectivity index (χ1v) is 6.52. The van der Waals surface area contributed by atoms with Crippen LogP contribution in [0.1, 0.15) is 31.1 Å². The SMILES string of the molecule is CC(C)(C)OC(=O)c1cc2cc(Br)ccc2oc1=O. The lowest BCUT2D eigenvalue weighted by molar-refractivity contribution is 0.00654. The van der Waals surface area contributed by atoms with Crippen molar-refractivity contribution in [2.45, 2.75) is 26.4 Å². The van der Waals surface area contributed by atoms with Crippen molar-refractivity contribution in [3.8, 4) is 0 Å². The number of benzene rings is 1. The molecule has 0 aliphatic carbocycles. The average molecular weight is 325 g/mol. The molecule has 19 heavy (non-hydrogen) atoms. The van der Waals surface area contributed by atoms with Crippen LogP contribution in [0.2, 0.25) is 0 Å². The van der Waals surface area contributed by atoms with Gasteiger partial charge in [-0.3, -0.25) is 0 Å². The zero-order chi connectivity index (χ0) is 14.2. The van der Waals surface area contributed by atoms with E-state index in [0.717, 1.165) is 4.47 Å². The first-order chi connectivity index (χ1) is 8.76. The Hall–Kier alpha value is -1.62. The molecule has 0 spiro atoms. The topological polar surface area (TPSA) is 56.5 Å². The second-order valence-electron chi connectivity index (χ2n) is 5.13. The van der Waals surface area contributed by atoms with Crippen molar-refractivity contribution in [2.24, 2.45) is 0 Å². The second kappa shape index (κ2) is 4.81. The van der Waals surface area contributed by atoms with Crippen molar-refractivity contribution >= 4 is 32.9 Å². The summed E-state index contributed by atoms with van der Waals surface area (Å²) in [6.45, 7) is 5.22. The first-order valence-electron chi connectivity index (χ1n) is 5.73. The molecule has 0 unspecified atom stereocenters. The first kappa shape index (κ1) is 13.8. The highest BCUT2D eigenvalue weighted by molar-refractivity contribution is 9.10. The Kier molecular flexibility index (Phi) is 3.49. The van der Waals surface area contributed by atoms with Gasteiger partial charge in [0.2, 0.25) is 0 Å². The number of halogens is 1. The third-order valence-corrected chi connectivity index (χ3v) is 2.81. The van der Waals surface area contributed by atoms with Crippen molar-refractivity contribution in [1.82, 2.24) is 0 Å². The maximum atomic E-state index is 11.9. The molecule has 1 aromatic heterocycles. The van der Waals surface area contributed by atoms with Gasteiger partial charge in [0, 0.05) is 9.86 Å². The lowest BCUT2D eigenvalue weighted by atomic mass is 10.1. The van der Waals surface area contributed by atoms with Crippen LogP contribution in [-0.4, -0.2) is 11.6 Å². The fourth-order valence-electron chi connectivity index (χ4n) is 1.57. The summed E-state index contributed by atoms with van der Waals surface area (Å²) < 4.78 is 11.1. The molecular formula is C14H13BrO4. The second-order valence-corrected chi connectivity index (χ2v) is 6.05. The number of ether oxygens (including phenoxy) is 1. The van der Waals surface area contributed by atoms with Crippen LogP contribution in [0.5, 0.6) is 0 Å². The van der Waals surface area contributed by atoms with Gasteiger partial charge in [-0.1, -0.05) is 15.9 Å². The largest absolute Gasteiger partial charge is 0.456 e. The van der Waals surface area contributed by atoms with E-state index in [2.05, 4.69) is 15.9 Å². The van der Waals surface area contributed by atoms with Crippen molar-refractivity contribution in [3.05, 3.63) is 44.7 Å². The van der Waals surface area contributed by atoms with Gasteiger partial charge in [-0.05, 0) is 45.0 Å². The van der Waals surface area contributed by atoms with E-state index in [0.29, 0.717) is 11.0 Å². The molecule has 0 aliphatic heterocycles. The van der Waals surface area contributed by atoms with Crippen molar-refractivity contribution < 1.29 is 13.9 Å². The Morgan fingerprint density at radius 2 is 1.95 bits per heavy atom. The van der Waals surface area contributed by atoms with Crippen molar-refractivity contribution in [2.75, 3.05) is 0 Å². The van der Waals surface area contributed by atoms with E-state index in [4.69, 9.17) is 9.15 Å². The maximum absolute atomic E-state index is 11.9. The van der Waals surface area contributed by atoms with Gasteiger partial charge in [-0.15, -0.1) is 0 Å². The van der Waals surface area contributed by atoms with E-state index >= 15 is 0 Å². The minimum atomic E-state index is -0.691. The Morgan fingerprint density at radius 3 is 2.58 bits per heavy atom. The number of carbonyl (C=O) groups excluding carboxylic acids is 1. The summed E-state index contributed by atoms with van der Waals surface area (Å²) in [5, 5.41) is 0.662. The van der Waals surface area contributed by atoms with E-state index in [-0.39, 0.29) is 5.56 Å².